The van der Waals surface area contributed by atoms with E-state index in [1.54, 1.807) is 20.1 Å². The standard InChI is InChI=1S/C16H17N3O4S2/c1-3-23-14(21)10-24-16-19-18-15(25-16)17-13(20)8-7-11-5-4-6-12(9-11)22-2/h4-9H,3,10H2,1-2H3,(H,17,18,20)/b8-7+. The molecule has 0 aliphatic rings. The third-order valence-electron chi connectivity index (χ3n) is 2.78. The molecule has 1 amide bonds. The molecule has 0 fully saturated rings. The lowest BCUT2D eigenvalue weighted by Crippen LogP contribution is -2.07. The fourth-order valence-corrected chi connectivity index (χ4v) is 3.26. The Morgan fingerprint density at radius 2 is 2.20 bits per heavy atom. The molecule has 0 saturated carbocycles. The minimum absolute atomic E-state index is 0.159. The van der Waals surface area contributed by atoms with Crippen molar-refractivity contribution in [3.8, 4) is 5.75 Å². The number of carbonyl (C=O) groups excluding carboxylic acids is 2. The molecule has 0 unspecified atom stereocenters. The average Bonchev–Trinajstić information content (AvgIpc) is 3.06. The van der Waals surface area contributed by atoms with Crippen molar-refractivity contribution in [2.45, 2.75) is 11.3 Å². The molecule has 2 aromatic rings. The summed E-state index contributed by atoms with van der Waals surface area (Å²) in [5.74, 6) is 0.247. The summed E-state index contributed by atoms with van der Waals surface area (Å²) in [6.07, 6.45) is 3.08. The quantitative estimate of drug-likeness (QED) is 0.326. The van der Waals surface area contributed by atoms with Crippen LogP contribution in [0.5, 0.6) is 5.75 Å². The maximum Gasteiger partial charge on any atom is 0.316 e. The molecule has 0 spiro atoms. The number of aromatic nitrogens is 2. The summed E-state index contributed by atoms with van der Waals surface area (Å²) >= 11 is 2.41. The van der Waals surface area contributed by atoms with E-state index in [0.29, 0.717) is 16.1 Å². The normalized spacial score (nSPS) is 10.6. The van der Waals surface area contributed by atoms with Crippen molar-refractivity contribution in [2.24, 2.45) is 0 Å². The lowest BCUT2D eigenvalue weighted by molar-refractivity contribution is -0.139. The molecule has 0 radical (unpaired) electrons. The van der Waals surface area contributed by atoms with Gasteiger partial charge in [-0.2, -0.15) is 0 Å². The molecule has 0 atom stereocenters. The number of amides is 1. The summed E-state index contributed by atoms with van der Waals surface area (Å²) in [6, 6.07) is 7.35. The lowest BCUT2D eigenvalue weighted by atomic mass is 10.2. The number of anilines is 1. The Hall–Kier alpha value is -2.39. The summed E-state index contributed by atoms with van der Waals surface area (Å²) < 4.78 is 10.5. The first kappa shape index (κ1) is 18.9. The summed E-state index contributed by atoms with van der Waals surface area (Å²) in [5.41, 5.74) is 0.845. The third kappa shape index (κ3) is 6.55. The van der Waals surface area contributed by atoms with Crippen LogP contribution in [0.1, 0.15) is 12.5 Å². The van der Waals surface area contributed by atoms with Crippen LogP contribution >= 0.6 is 23.1 Å². The van der Waals surface area contributed by atoms with Gasteiger partial charge < -0.3 is 9.47 Å². The Morgan fingerprint density at radius 1 is 1.36 bits per heavy atom. The van der Waals surface area contributed by atoms with Crippen molar-refractivity contribution in [1.82, 2.24) is 10.2 Å². The molecule has 2 rings (SSSR count). The Morgan fingerprint density at radius 3 is 2.96 bits per heavy atom. The van der Waals surface area contributed by atoms with Gasteiger partial charge in [0.05, 0.1) is 19.5 Å². The van der Waals surface area contributed by atoms with Crippen molar-refractivity contribution in [2.75, 3.05) is 24.8 Å². The van der Waals surface area contributed by atoms with Gasteiger partial charge in [-0.25, -0.2) is 0 Å². The minimum atomic E-state index is -0.319. The molecule has 9 heteroatoms. The van der Waals surface area contributed by atoms with Gasteiger partial charge in [0, 0.05) is 6.08 Å². The molecule has 1 aromatic carbocycles. The highest BCUT2D eigenvalue weighted by atomic mass is 32.2. The maximum absolute atomic E-state index is 11.9. The zero-order valence-electron chi connectivity index (χ0n) is 13.7. The summed E-state index contributed by atoms with van der Waals surface area (Å²) in [7, 11) is 1.59. The number of thioether (sulfide) groups is 1. The van der Waals surface area contributed by atoms with Gasteiger partial charge in [0.25, 0.3) is 0 Å². The van der Waals surface area contributed by atoms with Gasteiger partial charge in [-0.15, -0.1) is 10.2 Å². The predicted molar refractivity (Wildman–Crippen MR) is 97.9 cm³/mol. The Labute approximate surface area is 153 Å². The molecule has 7 nitrogen and oxygen atoms in total. The molecule has 25 heavy (non-hydrogen) atoms. The number of esters is 1. The average molecular weight is 379 g/mol. The van der Waals surface area contributed by atoms with E-state index in [-0.39, 0.29) is 17.6 Å². The zero-order chi connectivity index (χ0) is 18.1. The number of carbonyl (C=O) groups is 2. The van der Waals surface area contributed by atoms with Gasteiger partial charge in [0.1, 0.15) is 5.75 Å². The second-order valence-electron chi connectivity index (χ2n) is 4.57. The second-order valence-corrected chi connectivity index (χ2v) is 6.77. The van der Waals surface area contributed by atoms with E-state index in [1.807, 2.05) is 24.3 Å². The molecule has 0 aliphatic carbocycles. The van der Waals surface area contributed by atoms with Crippen LogP contribution in [-0.4, -0.2) is 41.5 Å². The van der Waals surface area contributed by atoms with Crippen LogP contribution in [0, 0.1) is 0 Å². The van der Waals surface area contributed by atoms with Gasteiger partial charge in [0.2, 0.25) is 11.0 Å². The van der Waals surface area contributed by atoms with Crippen molar-refractivity contribution in [1.29, 1.82) is 0 Å². The van der Waals surface area contributed by atoms with Crippen LogP contribution in [0.4, 0.5) is 5.13 Å². The van der Waals surface area contributed by atoms with Crippen molar-refractivity contribution in [3.05, 3.63) is 35.9 Å². The fourth-order valence-electron chi connectivity index (χ4n) is 1.71. The highest BCUT2D eigenvalue weighted by molar-refractivity contribution is 8.01. The molecule has 1 heterocycles. The van der Waals surface area contributed by atoms with Gasteiger partial charge >= 0.3 is 5.97 Å². The first-order valence-corrected chi connectivity index (χ1v) is 9.16. The van der Waals surface area contributed by atoms with Crippen molar-refractivity contribution >= 4 is 46.2 Å². The lowest BCUT2D eigenvalue weighted by Gasteiger charge is -2.00. The molecule has 0 saturated heterocycles. The third-order valence-corrected chi connectivity index (χ3v) is 4.72. The van der Waals surface area contributed by atoms with E-state index in [2.05, 4.69) is 15.5 Å². The first-order valence-electron chi connectivity index (χ1n) is 7.35. The van der Waals surface area contributed by atoms with Crippen LogP contribution in [-0.2, 0) is 14.3 Å². The first-order chi connectivity index (χ1) is 12.1. The molecule has 0 bridgehead atoms. The van der Waals surface area contributed by atoms with Gasteiger partial charge in [-0.3, -0.25) is 14.9 Å². The Bertz CT molecular complexity index is 761. The van der Waals surface area contributed by atoms with Gasteiger partial charge in [-0.05, 0) is 30.7 Å². The SMILES string of the molecule is CCOC(=O)CSc1nnc(NC(=O)/C=C/c2cccc(OC)c2)s1. The molecule has 132 valence electrons. The zero-order valence-corrected chi connectivity index (χ0v) is 15.4. The van der Waals surface area contributed by atoms with Crippen LogP contribution in [0.3, 0.4) is 0 Å². The number of rotatable bonds is 8. The smallest absolute Gasteiger partial charge is 0.316 e. The maximum atomic E-state index is 11.9. The minimum Gasteiger partial charge on any atom is -0.497 e. The largest absolute Gasteiger partial charge is 0.497 e. The van der Waals surface area contributed by atoms with Crippen molar-refractivity contribution in [3.63, 3.8) is 0 Å². The molecule has 1 aromatic heterocycles. The van der Waals surface area contributed by atoms with Crippen LogP contribution in [0.2, 0.25) is 0 Å². The summed E-state index contributed by atoms with van der Waals surface area (Å²) in [4.78, 5) is 23.2. The van der Waals surface area contributed by atoms with E-state index in [1.165, 1.54) is 29.2 Å². The highest BCUT2D eigenvalue weighted by Gasteiger charge is 2.09. The van der Waals surface area contributed by atoms with E-state index in [0.717, 1.165) is 11.3 Å². The Kier molecular flexibility index (Phi) is 7.42. The van der Waals surface area contributed by atoms with E-state index in [9.17, 15) is 9.59 Å². The highest BCUT2D eigenvalue weighted by Crippen LogP contribution is 2.25. The van der Waals surface area contributed by atoms with E-state index < -0.39 is 0 Å². The Balaban J connectivity index is 1.86. The molecule has 1 N–H and O–H groups in total. The predicted octanol–water partition coefficient (Wildman–Crippen LogP) is 2.85. The number of nitrogens with one attached hydrogen (secondary N) is 1. The van der Waals surface area contributed by atoms with Crippen LogP contribution in [0.15, 0.2) is 34.7 Å². The van der Waals surface area contributed by atoms with E-state index in [4.69, 9.17) is 9.47 Å². The number of hydrogen-bond donors (Lipinski definition) is 1. The number of nitrogens with zero attached hydrogens (tertiary/aromatic N) is 2. The monoisotopic (exact) mass is 379 g/mol. The second kappa shape index (κ2) is 9.80. The number of methoxy groups -OCH3 is 1. The van der Waals surface area contributed by atoms with E-state index >= 15 is 0 Å². The van der Waals surface area contributed by atoms with Crippen molar-refractivity contribution < 1.29 is 19.1 Å². The number of hydrogen-bond acceptors (Lipinski definition) is 8. The summed E-state index contributed by atoms with van der Waals surface area (Å²) in [6.45, 7) is 2.09. The molecule has 0 aliphatic heterocycles. The number of ether oxygens (including phenoxy) is 2. The molecular formula is C16H17N3O4S2. The van der Waals surface area contributed by atoms with Gasteiger partial charge in [-0.1, -0.05) is 35.2 Å². The summed E-state index contributed by atoms with van der Waals surface area (Å²) in [5, 5.41) is 10.8. The van der Waals surface area contributed by atoms with Crippen LogP contribution in [0.25, 0.3) is 6.08 Å². The topological polar surface area (TPSA) is 90.4 Å². The van der Waals surface area contributed by atoms with Gasteiger partial charge in [0.15, 0.2) is 4.34 Å². The number of benzene rings is 1. The fraction of sp³-hybridized carbons (Fsp3) is 0.250. The molecular weight excluding hydrogens is 362 g/mol. The van der Waals surface area contributed by atoms with Crippen LogP contribution < -0.4 is 10.1 Å².